The third-order valence-electron chi connectivity index (χ3n) is 4.43. The zero-order valence-corrected chi connectivity index (χ0v) is 10.4. The molecule has 3 heterocycles. The van der Waals surface area contributed by atoms with Crippen LogP contribution in [0.5, 0.6) is 0 Å². The summed E-state index contributed by atoms with van der Waals surface area (Å²) in [6.07, 6.45) is 5.97. The summed E-state index contributed by atoms with van der Waals surface area (Å²) in [7, 11) is 0. The lowest BCUT2D eigenvalue weighted by atomic mass is 9.90. The van der Waals surface area contributed by atoms with Gasteiger partial charge in [0.15, 0.2) is 0 Å². The third kappa shape index (κ3) is 2.33. The van der Waals surface area contributed by atoms with Crippen LogP contribution in [0.3, 0.4) is 0 Å². The van der Waals surface area contributed by atoms with Crippen LogP contribution in [-0.2, 0) is 9.53 Å². The number of carbonyl (C=O) groups excluding carboxylic acids is 1. The van der Waals surface area contributed by atoms with Gasteiger partial charge in [0.25, 0.3) is 0 Å². The summed E-state index contributed by atoms with van der Waals surface area (Å²) in [5.41, 5.74) is 0. The van der Waals surface area contributed by atoms with Gasteiger partial charge in [-0.3, -0.25) is 4.79 Å². The molecule has 0 radical (unpaired) electrons. The molecule has 3 saturated heterocycles. The molecule has 3 aliphatic rings. The Morgan fingerprint density at radius 1 is 1.29 bits per heavy atom. The Morgan fingerprint density at radius 2 is 2.18 bits per heavy atom. The van der Waals surface area contributed by atoms with Crippen LogP contribution >= 0.6 is 0 Å². The average Bonchev–Trinajstić information content (AvgIpc) is 2.91. The van der Waals surface area contributed by atoms with E-state index >= 15 is 0 Å². The van der Waals surface area contributed by atoms with Crippen LogP contribution in [0.2, 0.25) is 0 Å². The van der Waals surface area contributed by atoms with E-state index in [9.17, 15) is 4.79 Å². The lowest BCUT2D eigenvalue weighted by Gasteiger charge is -2.29. The minimum absolute atomic E-state index is 0.199. The normalized spacial score (nSPS) is 44.9. The highest BCUT2D eigenvalue weighted by molar-refractivity contribution is 5.79. The van der Waals surface area contributed by atoms with Gasteiger partial charge in [-0.05, 0) is 45.6 Å². The second-order valence-electron chi connectivity index (χ2n) is 5.80. The van der Waals surface area contributed by atoms with E-state index in [0.717, 1.165) is 32.2 Å². The first kappa shape index (κ1) is 11.5. The lowest BCUT2D eigenvalue weighted by Crippen LogP contribution is -2.47. The molecule has 0 spiro atoms. The predicted molar refractivity (Wildman–Crippen MR) is 64.6 cm³/mol. The highest BCUT2D eigenvalue weighted by atomic mass is 16.5. The molecule has 0 saturated carbocycles. The molecule has 0 aliphatic carbocycles. The molecule has 96 valence electrons. The SMILES string of the molecule is C[C@H]1C[C@@H](C(=O)NC2CC3CCC2O3)CCN1. The molecule has 2 bridgehead atoms. The van der Waals surface area contributed by atoms with Gasteiger partial charge in [-0.1, -0.05) is 0 Å². The molecule has 3 rings (SSSR count). The quantitative estimate of drug-likeness (QED) is 0.748. The van der Waals surface area contributed by atoms with Crippen molar-refractivity contribution in [1.29, 1.82) is 0 Å². The van der Waals surface area contributed by atoms with Crippen LogP contribution in [0, 0.1) is 5.92 Å². The van der Waals surface area contributed by atoms with Crippen molar-refractivity contribution in [1.82, 2.24) is 10.6 Å². The van der Waals surface area contributed by atoms with Crippen LogP contribution in [0.15, 0.2) is 0 Å². The molecule has 3 unspecified atom stereocenters. The number of ether oxygens (including phenoxy) is 1. The van der Waals surface area contributed by atoms with Gasteiger partial charge in [0.2, 0.25) is 5.91 Å². The minimum atomic E-state index is 0.199. The smallest absolute Gasteiger partial charge is 0.223 e. The van der Waals surface area contributed by atoms with E-state index in [4.69, 9.17) is 4.74 Å². The summed E-state index contributed by atoms with van der Waals surface area (Å²) in [4.78, 5) is 12.2. The summed E-state index contributed by atoms with van der Waals surface area (Å²) in [6, 6.07) is 0.752. The van der Waals surface area contributed by atoms with E-state index in [2.05, 4.69) is 17.6 Å². The van der Waals surface area contributed by atoms with Gasteiger partial charge >= 0.3 is 0 Å². The van der Waals surface area contributed by atoms with Crippen molar-refractivity contribution in [2.24, 2.45) is 5.92 Å². The Bertz CT molecular complexity index is 308. The Balaban J connectivity index is 1.53. The lowest BCUT2D eigenvalue weighted by molar-refractivity contribution is -0.127. The number of carbonyl (C=O) groups is 1. The van der Waals surface area contributed by atoms with Gasteiger partial charge in [-0.2, -0.15) is 0 Å². The van der Waals surface area contributed by atoms with Crippen molar-refractivity contribution >= 4 is 5.91 Å². The Kier molecular flexibility index (Phi) is 3.09. The van der Waals surface area contributed by atoms with Gasteiger partial charge in [-0.25, -0.2) is 0 Å². The second kappa shape index (κ2) is 4.58. The molecule has 0 aromatic rings. The summed E-state index contributed by atoms with van der Waals surface area (Å²) in [5, 5.41) is 6.59. The number of fused-ring (bicyclic) bond motifs is 2. The molecule has 5 atom stereocenters. The fraction of sp³-hybridized carbons (Fsp3) is 0.923. The maximum absolute atomic E-state index is 12.2. The summed E-state index contributed by atoms with van der Waals surface area (Å²) in [6.45, 7) is 3.12. The minimum Gasteiger partial charge on any atom is -0.373 e. The third-order valence-corrected chi connectivity index (χ3v) is 4.43. The van der Waals surface area contributed by atoms with Gasteiger partial charge in [-0.15, -0.1) is 0 Å². The Labute approximate surface area is 102 Å². The predicted octanol–water partition coefficient (Wildman–Crippen LogP) is 0.811. The van der Waals surface area contributed by atoms with Crippen molar-refractivity contribution < 1.29 is 9.53 Å². The summed E-state index contributed by atoms with van der Waals surface area (Å²) < 4.78 is 5.77. The fourth-order valence-corrected chi connectivity index (χ4v) is 3.46. The van der Waals surface area contributed by atoms with Crippen LogP contribution in [0.25, 0.3) is 0 Å². The van der Waals surface area contributed by atoms with Gasteiger partial charge in [0, 0.05) is 12.0 Å². The molecule has 0 aromatic heterocycles. The molecular formula is C13H22N2O2. The van der Waals surface area contributed by atoms with E-state index in [1.54, 1.807) is 0 Å². The molecule has 17 heavy (non-hydrogen) atoms. The van der Waals surface area contributed by atoms with Crippen LogP contribution in [0.1, 0.15) is 39.0 Å². The van der Waals surface area contributed by atoms with Crippen LogP contribution in [-0.4, -0.2) is 36.7 Å². The topological polar surface area (TPSA) is 50.4 Å². The molecule has 2 N–H and O–H groups in total. The van der Waals surface area contributed by atoms with Gasteiger partial charge < -0.3 is 15.4 Å². The van der Waals surface area contributed by atoms with Crippen molar-refractivity contribution in [3.8, 4) is 0 Å². The number of amides is 1. The number of hydrogen-bond donors (Lipinski definition) is 2. The Morgan fingerprint density at radius 3 is 2.82 bits per heavy atom. The number of hydrogen-bond acceptors (Lipinski definition) is 3. The van der Waals surface area contributed by atoms with E-state index in [1.165, 1.54) is 6.42 Å². The number of nitrogens with one attached hydrogen (secondary N) is 2. The number of piperidine rings is 1. The zero-order valence-electron chi connectivity index (χ0n) is 10.4. The van der Waals surface area contributed by atoms with Crippen LogP contribution in [0.4, 0.5) is 0 Å². The molecule has 0 aromatic carbocycles. The van der Waals surface area contributed by atoms with Gasteiger partial charge in [0.05, 0.1) is 18.2 Å². The molecule has 3 fully saturated rings. The highest BCUT2D eigenvalue weighted by Crippen LogP contribution is 2.34. The van der Waals surface area contributed by atoms with E-state index in [1.807, 2.05) is 0 Å². The molecule has 3 aliphatic heterocycles. The first-order valence-electron chi connectivity index (χ1n) is 6.91. The fourth-order valence-electron chi connectivity index (χ4n) is 3.46. The average molecular weight is 238 g/mol. The van der Waals surface area contributed by atoms with Crippen molar-refractivity contribution in [3.63, 3.8) is 0 Å². The molecular weight excluding hydrogens is 216 g/mol. The molecule has 4 heteroatoms. The molecule has 1 amide bonds. The van der Waals surface area contributed by atoms with E-state index < -0.39 is 0 Å². The Hall–Kier alpha value is -0.610. The maximum Gasteiger partial charge on any atom is 0.223 e. The first-order valence-corrected chi connectivity index (χ1v) is 6.91. The number of rotatable bonds is 2. The largest absolute Gasteiger partial charge is 0.373 e. The van der Waals surface area contributed by atoms with Crippen LogP contribution < -0.4 is 10.6 Å². The maximum atomic E-state index is 12.2. The van der Waals surface area contributed by atoms with E-state index in [0.29, 0.717) is 18.2 Å². The van der Waals surface area contributed by atoms with Crippen molar-refractivity contribution in [2.45, 2.75) is 63.3 Å². The zero-order chi connectivity index (χ0) is 11.8. The van der Waals surface area contributed by atoms with Crippen molar-refractivity contribution in [2.75, 3.05) is 6.54 Å². The molecule has 4 nitrogen and oxygen atoms in total. The first-order chi connectivity index (χ1) is 8.22. The summed E-state index contributed by atoms with van der Waals surface area (Å²) in [5.74, 6) is 0.449. The standard InChI is InChI=1S/C13H22N2O2/c1-8-6-9(4-5-14-8)13(16)15-11-7-10-2-3-12(11)17-10/h8-12,14H,2-7H2,1H3,(H,15,16)/t8-,9-,10?,11?,12?/m0/s1. The summed E-state index contributed by atoms with van der Waals surface area (Å²) >= 11 is 0. The highest BCUT2D eigenvalue weighted by Gasteiger charge is 2.42. The van der Waals surface area contributed by atoms with Crippen molar-refractivity contribution in [3.05, 3.63) is 0 Å². The van der Waals surface area contributed by atoms with Gasteiger partial charge in [0.1, 0.15) is 0 Å². The van der Waals surface area contributed by atoms with E-state index in [-0.39, 0.29) is 17.9 Å². The second-order valence-corrected chi connectivity index (χ2v) is 5.80. The monoisotopic (exact) mass is 238 g/mol.